The summed E-state index contributed by atoms with van der Waals surface area (Å²) in [4.78, 5) is 48.8. The molecule has 2 aromatic carbocycles. The zero-order valence-electron chi connectivity index (χ0n) is 27.3. The fraction of sp³-hybridized carbons (Fsp3) is 0.486. The molecule has 1 N–H and O–H groups in total. The first-order valence-electron chi connectivity index (χ1n) is 16.5. The maximum atomic E-state index is 15.0. The Labute approximate surface area is 272 Å². The van der Waals surface area contributed by atoms with Gasteiger partial charge < -0.3 is 29.3 Å². The molecule has 0 aliphatic carbocycles. The van der Waals surface area contributed by atoms with Crippen LogP contribution in [0.15, 0.2) is 79.9 Å². The fourth-order valence-corrected chi connectivity index (χ4v) is 8.09. The molecule has 2 amide bonds. The molecule has 2 bridgehead atoms. The molecule has 246 valence electrons. The Balaban J connectivity index is 1.61. The van der Waals surface area contributed by atoms with Gasteiger partial charge in [0, 0.05) is 31.0 Å². The molecule has 2 aromatic rings. The zero-order valence-corrected chi connectivity index (χ0v) is 27.3. The number of carbonyl (C=O) groups is 3. The van der Waals surface area contributed by atoms with Crippen LogP contribution in [0.1, 0.15) is 45.6 Å². The van der Waals surface area contributed by atoms with Gasteiger partial charge in [-0.25, -0.2) is 0 Å². The lowest BCUT2D eigenvalue weighted by molar-refractivity contribution is -0.161. The molecule has 9 nitrogen and oxygen atoms in total. The lowest BCUT2D eigenvalue weighted by Gasteiger charge is -2.39. The second-order valence-electron chi connectivity index (χ2n) is 12.4. The van der Waals surface area contributed by atoms with Crippen molar-refractivity contribution in [3.05, 3.63) is 85.5 Å². The predicted molar refractivity (Wildman–Crippen MR) is 178 cm³/mol. The fourth-order valence-electron chi connectivity index (χ4n) is 8.09. The quantitative estimate of drug-likeness (QED) is 0.228. The standard InChI is InChI=1S/C37H47N3O6/c1-6-22-39(28-18-16-27(17-19-28)38(9-4)10-5)34(43)32-37-21-20-36(8-3,46-37)31(35(44)45-23-7-2)30(37)33(42)40(32)29(25-41)24-26-14-12-11-13-15-26/h6-7,11-19,29-32,41H,1-2,8-10,20-25H2,3-5H3/t29-,30+,31-,32?,36+,37?/m1/s1. The largest absolute Gasteiger partial charge is 0.461 e. The topological polar surface area (TPSA) is 99.6 Å². The number of ether oxygens (including phenoxy) is 2. The molecule has 3 heterocycles. The van der Waals surface area contributed by atoms with Crippen molar-refractivity contribution in [1.82, 2.24) is 4.90 Å². The summed E-state index contributed by atoms with van der Waals surface area (Å²) in [6, 6.07) is 15.6. The van der Waals surface area contributed by atoms with Crippen molar-refractivity contribution in [2.45, 2.75) is 69.7 Å². The molecular formula is C37H47N3O6. The van der Waals surface area contributed by atoms with Crippen molar-refractivity contribution in [2.75, 3.05) is 42.6 Å². The van der Waals surface area contributed by atoms with Crippen LogP contribution >= 0.6 is 0 Å². The summed E-state index contributed by atoms with van der Waals surface area (Å²) in [7, 11) is 0. The Morgan fingerprint density at radius 2 is 1.72 bits per heavy atom. The Hall–Kier alpha value is -3.95. The van der Waals surface area contributed by atoms with Crippen molar-refractivity contribution in [3.8, 4) is 0 Å². The third-order valence-electron chi connectivity index (χ3n) is 10.2. The van der Waals surface area contributed by atoms with Gasteiger partial charge in [0.2, 0.25) is 5.91 Å². The van der Waals surface area contributed by atoms with E-state index in [0.717, 1.165) is 24.3 Å². The number of hydrogen-bond acceptors (Lipinski definition) is 7. The lowest BCUT2D eigenvalue weighted by atomic mass is 9.65. The van der Waals surface area contributed by atoms with Gasteiger partial charge in [0.25, 0.3) is 5.91 Å². The van der Waals surface area contributed by atoms with E-state index in [4.69, 9.17) is 9.47 Å². The van der Waals surface area contributed by atoms with E-state index >= 15 is 4.79 Å². The Morgan fingerprint density at radius 1 is 1.04 bits per heavy atom. The Kier molecular flexibility index (Phi) is 10.0. The second-order valence-corrected chi connectivity index (χ2v) is 12.4. The average Bonchev–Trinajstić information content (AvgIpc) is 3.69. The summed E-state index contributed by atoms with van der Waals surface area (Å²) < 4.78 is 12.5. The van der Waals surface area contributed by atoms with Crippen molar-refractivity contribution >= 4 is 29.2 Å². The zero-order chi connectivity index (χ0) is 33.1. The van der Waals surface area contributed by atoms with Crippen LogP contribution in [0.25, 0.3) is 0 Å². The van der Waals surface area contributed by atoms with Crippen molar-refractivity contribution in [2.24, 2.45) is 11.8 Å². The number of carbonyl (C=O) groups excluding carboxylic acids is 3. The highest BCUT2D eigenvalue weighted by Gasteiger charge is 2.79. The number of amides is 2. The van der Waals surface area contributed by atoms with Gasteiger partial charge in [-0.05, 0) is 69.4 Å². The van der Waals surface area contributed by atoms with Crippen LogP contribution in [-0.4, -0.2) is 83.9 Å². The molecule has 9 heteroatoms. The number of benzene rings is 2. The smallest absolute Gasteiger partial charge is 0.313 e. The summed E-state index contributed by atoms with van der Waals surface area (Å²) in [6.07, 6.45) is 4.93. The maximum absolute atomic E-state index is 15.0. The number of esters is 1. The molecule has 46 heavy (non-hydrogen) atoms. The van der Waals surface area contributed by atoms with Gasteiger partial charge in [-0.1, -0.05) is 56.0 Å². The predicted octanol–water partition coefficient (Wildman–Crippen LogP) is 4.54. The lowest BCUT2D eigenvalue weighted by Crippen LogP contribution is -2.59. The van der Waals surface area contributed by atoms with Gasteiger partial charge >= 0.3 is 5.97 Å². The number of aliphatic hydroxyl groups excluding tert-OH is 1. The van der Waals surface area contributed by atoms with E-state index in [9.17, 15) is 14.7 Å². The first kappa shape index (κ1) is 33.4. The highest BCUT2D eigenvalue weighted by molar-refractivity contribution is 6.05. The molecule has 0 saturated carbocycles. The first-order valence-corrected chi connectivity index (χ1v) is 16.5. The molecule has 3 saturated heterocycles. The van der Waals surface area contributed by atoms with E-state index in [1.807, 2.05) is 61.5 Å². The summed E-state index contributed by atoms with van der Waals surface area (Å²) in [5, 5.41) is 10.8. The van der Waals surface area contributed by atoms with Crippen molar-refractivity contribution in [3.63, 3.8) is 0 Å². The number of anilines is 2. The van der Waals surface area contributed by atoms with Crippen LogP contribution in [0.3, 0.4) is 0 Å². The Bertz CT molecular complexity index is 1430. The van der Waals surface area contributed by atoms with E-state index in [1.165, 1.54) is 11.0 Å². The minimum Gasteiger partial charge on any atom is -0.461 e. The van der Waals surface area contributed by atoms with Crippen LogP contribution in [0, 0.1) is 11.8 Å². The van der Waals surface area contributed by atoms with E-state index in [1.54, 1.807) is 11.0 Å². The molecule has 5 rings (SSSR count). The number of aliphatic hydroxyl groups is 1. The summed E-state index contributed by atoms with van der Waals surface area (Å²) >= 11 is 0. The van der Waals surface area contributed by atoms with Crippen molar-refractivity contribution < 1.29 is 29.0 Å². The number of fused-ring (bicyclic) bond motifs is 1. The molecular weight excluding hydrogens is 582 g/mol. The van der Waals surface area contributed by atoms with Crippen LogP contribution in [0.2, 0.25) is 0 Å². The van der Waals surface area contributed by atoms with Gasteiger partial charge in [-0.2, -0.15) is 0 Å². The second kappa shape index (κ2) is 13.8. The van der Waals surface area contributed by atoms with Gasteiger partial charge in [-0.15, -0.1) is 6.58 Å². The summed E-state index contributed by atoms with van der Waals surface area (Å²) in [5.41, 5.74) is 0.445. The van der Waals surface area contributed by atoms with Gasteiger partial charge in [0.15, 0.2) is 0 Å². The molecule has 0 aromatic heterocycles. The third-order valence-corrected chi connectivity index (χ3v) is 10.2. The van der Waals surface area contributed by atoms with E-state index in [0.29, 0.717) is 31.4 Å². The minimum absolute atomic E-state index is 0.0129. The van der Waals surface area contributed by atoms with Gasteiger partial charge in [-0.3, -0.25) is 14.4 Å². The minimum atomic E-state index is -1.26. The average molecular weight is 630 g/mol. The molecule has 0 radical (unpaired) electrons. The molecule has 2 unspecified atom stereocenters. The SMILES string of the molecule is C=CCOC(=O)[C@H]1[C@H]2C(=O)N([C@@H](CO)Cc3ccccc3)C(C(=O)N(CC=C)c3ccc(N(CC)CC)cc3)C23CC[C@]1(CC)O3. The van der Waals surface area contributed by atoms with Gasteiger partial charge in [0.1, 0.15) is 24.2 Å². The van der Waals surface area contributed by atoms with Crippen molar-refractivity contribution in [1.29, 1.82) is 0 Å². The monoisotopic (exact) mass is 629 g/mol. The van der Waals surface area contributed by atoms with E-state index in [-0.39, 0.29) is 31.6 Å². The van der Waals surface area contributed by atoms with Crippen LogP contribution in [0.4, 0.5) is 11.4 Å². The van der Waals surface area contributed by atoms with E-state index in [2.05, 4.69) is 31.9 Å². The molecule has 3 fully saturated rings. The Morgan fingerprint density at radius 3 is 2.30 bits per heavy atom. The van der Waals surface area contributed by atoms with Crippen LogP contribution in [0.5, 0.6) is 0 Å². The van der Waals surface area contributed by atoms with Crippen LogP contribution in [-0.2, 0) is 30.3 Å². The number of hydrogen-bond donors (Lipinski definition) is 1. The first-order chi connectivity index (χ1) is 22.2. The third kappa shape index (κ3) is 5.53. The van der Waals surface area contributed by atoms with Gasteiger partial charge in [0.05, 0.1) is 24.2 Å². The summed E-state index contributed by atoms with van der Waals surface area (Å²) in [5.74, 6) is -3.01. The maximum Gasteiger partial charge on any atom is 0.313 e. The molecule has 3 aliphatic heterocycles. The molecule has 6 atom stereocenters. The summed E-state index contributed by atoms with van der Waals surface area (Å²) in [6.45, 7) is 15.3. The number of rotatable bonds is 15. The molecule has 3 aliphatic rings. The van der Waals surface area contributed by atoms with E-state index < -0.39 is 41.1 Å². The number of nitrogens with zero attached hydrogens (tertiary/aromatic N) is 3. The highest BCUT2D eigenvalue weighted by Crippen LogP contribution is 2.65. The van der Waals surface area contributed by atoms with Crippen LogP contribution < -0.4 is 9.80 Å². The number of likely N-dealkylation sites (tertiary alicyclic amines) is 1. The molecule has 1 spiro atoms. The highest BCUT2D eigenvalue weighted by atomic mass is 16.6. The normalized spacial score (nSPS) is 26.8.